The van der Waals surface area contributed by atoms with Gasteiger partial charge in [0, 0.05) is 49.9 Å². The molecule has 0 amide bonds. The first-order chi connectivity index (χ1) is 12.3. The van der Waals surface area contributed by atoms with Gasteiger partial charge in [0.15, 0.2) is 0 Å². The van der Waals surface area contributed by atoms with Gasteiger partial charge >= 0.3 is 5.63 Å². The normalized spacial score (nSPS) is 11.3. The van der Waals surface area contributed by atoms with E-state index in [4.69, 9.17) is 4.42 Å². The number of aryl methyl sites for hydroxylation is 1. The van der Waals surface area contributed by atoms with Crippen molar-refractivity contribution in [2.45, 2.75) is 20.0 Å². The second-order valence-corrected chi connectivity index (χ2v) is 6.91. The van der Waals surface area contributed by atoms with Crippen LogP contribution < -0.4 is 10.5 Å². The molecule has 5 heteroatoms. The molecule has 0 radical (unpaired) electrons. The monoisotopic (exact) mass is 352 g/mol. The summed E-state index contributed by atoms with van der Waals surface area (Å²) in [7, 11) is 6.06. The van der Waals surface area contributed by atoms with Crippen molar-refractivity contribution >= 4 is 16.7 Å². The van der Waals surface area contributed by atoms with Gasteiger partial charge < -0.3 is 14.4 Å². The average Bonchev–Trinajstić information content (AvgIpc) is 2.59. The quantitative estimate of drug-likeness (QED) is 0.712. The fourth-order valence-corrected chi connectivity index (χ4v) is 3.10. The van der Waals surface area contributed by atoms with E-state index >= 15 is 0 Å². The minimum Gasteiger partial charge on any atom is -0.508 e. The van der Waals surface area contributed by atoms with Crippen LogP contribution in [0.5, 0.6) is 5.75 Å². The first-order valence-corrected chi connectivity index (χ1v) is 8.55. The van der Waals surface area contributed by atoms with Gasteiger partial charge in [-0.2, -0.15) is 0 Å². The van der Waals surface area contributed by atoms with Gasteiger partial charge in [-0.25, -0.2) is 4.79 Å². The third-order valence-electron chi connectivity index (χ3n) is 4.56. The number of phenols is 1. The molecule has 0 bridgehead atoms. The van der Waals surface area contributed by atoms with E-state index in [2.05, 4.69) is 34.1 Å². The van der Waals surface area contributed by atoms with Gasteiger partial charge in [0.25, 0.3) is 0 Å². The molecule has 136 valence electrons. The highest BCUT2D eigenvalue weighted by Gasteiger charge is 2.12. The topological polar surface area (TPSA) is 56.9 Å². The number of hydrogen-bond donors (Lipinski definition) is 1. The summed E-state index contributed by atoms with van der Waals surface area (Å²) in [4.78, 5) is 16.2. The van der Waals surface area contributed by atoms with E-state index < -0.39 is 5.63 Å². The maximum absolute atomic E-state index is 11.9. The lowest BCUT2D eigenvalue weighted by atomic mass is 10.1. The zero-order valence-electron chi connectivity index (χ0n) is 15.6. The number of phenolic OH excluding ortho intramolecular Hbond substituents is 1. The SMILES string of the molecule is Cc1c(O)ccc2c(CN(C)Cc3ccc(N(C)C)cc3)cc(=O)oc12. The molecule has 0 saturated heterocycles. The van der Waals surface area contributed by atoms with Gasteiger partial charge in [0.1, 0.15) is 11.3 Å². The van der Waals surface area contributed by atoms with Crippen molar-refractivity contribution in [1.29, 1.82) is 0 Å². The highest BCUT2D eigenvalue weighted by Crippen LogP contribution is 2.28. The predicted molar refractivity (Wildman–Crippen MR) is 105 cm³/mol. The lowest BCUT2D eigenvalue weighted by molar-refractivity contribution is 0.319. The van der Waals surface area contributed by atoms with Crippen LogP contribution in [0.1, 0.15) is 16.7 Å². The zero-order chi connectivity index (χ0) is 18.8. The Balaban J connectivity index is 1.84. The molecule has 1 heterocycles. The molecule has 0 aliphatic carbocycles. The van der Waals surface area contributed by atoms with Gasteiger partial charge in [-0.15, -0.1) is 0 Å². The second-order valence-electron chi connectivity index (χ2n) is 6.91. The standard InChI is InChI=1S/C21H24N2O3/c1-14-19(24)10-9-18-16(11-20(25)26-21(14)18)13-23(4)12-15-5-7-17(8-6-15)22(2)3/h5-11,24H,12-13H2,1-4H3. The smallest absolute Gasteiger partial charge is 0.336 e. The van der Waals surface area contributed by atoms with Crippen LogP contribution in [-0.4, -0.2) is 31.1 Å². The summed E-state index contributed by atoms with van der Waals surface area (Å²) in [5, 5.41) is 10.7. The highest BCUT2D eigenvalue weighted by atomic mass is 16.4. The van der Waals surface area contributed by atoms with E-state index in [0.29, 0.717) is 17.7 Å². The fourth-order valence-electron chi connectivity index (χ4n) is 3.10. The fraction of sp³-hybridized carbons (Fsp3) is 0.286. The molecule has 26 heavy (non-hydrogen) atoms. The Labute approximate surface area is 153 Å². The van der Waals surface area contributed by atoms with E-state index in [1.807, 2.05) is 21.1 Å². The Kier molecular flexibility index (Phi) is 5.00. The molecule has 0 aliphatic rings. The van der Waals surface area contributed by atoms with Crippen LogP contribution in [0.2, 0.25) is 0 Å². The van der Waals surface area contributed by atoms with Crippen molar-refractivity contribution in [1.82, 2.24) is 4.90 Å². The van der Waals surface area contributed by atoms with E-state index in [9.17, 15) is 9.90 Å². The van der Waals surface area contributed by atoms with Gasteiger partial charge in [-0.3, -0.25) is 4.90 Å². The number of fused-ring (bicyclic) bond motifs is 1. The molecule has 0 aliphatic heterocycles. The Hall–Kier alpha value is -2.79. The Morgan fingerprint density at radius 1 is 1.00 bits per heavy atom. The molecule has 5 nitrogen and oxygen atoms in total. The molecule has 1 aromatic heterocycles. The second kappa shape index (κ2) is 7.22. The number of rotatable bonds is 5. The van der Waals surface area contributed by atoms with Crippen molar-refractivity contribution < 1.29 is 9.52 Å². The molecule has 2 aromatic carbocycles. The van der Waals surface area contributed by atoms with Crippen molar-refractivity contribution in [2.24, 2.45) is 0 Å². The maximum atomic E-state index is 11.9. The van der Waals surface area contributed by atoms with Crippen LogP contribution >= 0.6 is 0 Å². The molecule has 0 saturated carbocycles. The Morgan fingerprint density at radius 3 is 2.35 bits per heavy atom. The van der Waals surface area contributed by atoms with Gasteiger partial charge in [-0.1, -0.05) is 12.1 Å². The van der Waals surface area contributed by atoms with Gasteiger partial charge in [0.2, 0.25) is 0 Å². The predicted octanol–water partition coefficient (Wildman–Crippen LogP) is 3.51. The number of benzene rings is 2. The Morgan fingerprint density at radius 2 is 1.69 bits per heavy atom. The first kappa shape index (κ1) is 18.0. The van der Waals surface area contributed by atoms with Crippen LogP contribution in [0.3, 0.4) is 0 Å². The van der Waals surface area contributed by atoms with Crippen LogP contribution in [0.25, 0.3) is 11.0 Å². The van der Waals surface area contributed by atoms with Crippen LogP contribution in [0.15, 0.2) is 51.7 Å². The minimum absolute atomic E-state index is 0.132. The summed E-state index contributed by atoms with van der Waals surface area (Å²) in [6.07, 6.45) is 0. The molecule has 3 aromatic rings. The summed E-state index contributed by atoms with van der Waals surface area (Å²) < 4.78 is 5.31. The van der Waals surface area contributed by atoms with Gasteiger partial charge in [0.05, 0.1) is 0 Å². The van der Waals surface area contributed by atoms with Crippen molar-refractivity contribution in [3.63, 3.8) is 0 Å². The molecule has 1 N–H and O–H groups in total. The van der Waals surface area contributed by atoms with E-state index in [1.165, 1.54) is 17.3 Å². The van der Waals surface area contributed by atoms with Crippen molar-refractivity contribution in [3.8, 4) is 5.75 Å². The summed E-state index contributed by atoms with van der Waals surface area (Å²) in [5.74, 6) is 0.132. The average molecular weight is 352 g/mol. The molecule has 0 fully saturated rings. The summed E-state index contributed by atoms with van der Waals surface area (Å²) in [6.45, 7) is 3.13. The molecule has 0 spiro atoms. The largest absolute Gasteiger partial charge is 0.508 e. The van der Waals surface area contributed by atoms with Crippen LogP contribution in [-0.2, 0) is 13.1 Å². The zero-order valence-corrected chi connectivity index (χ0v) is 15.6. The lowest BCUT2D eigenvalue weighted by Crippen LogP contribution is -2.18. The number of hydrogen-bond acceptors (Lipinski definition) is 5. The summed E-state index contributed by atoms with van der Waals surface area (Å²) >= 11 is 0. The number of nitrogens with zero attached hydrogens (tertiary/aromatic N) is 2. The van der Waals surface area contributed by atoms with Crippen LogP contribution in [0.4, 0.5) is 5.69 Å². The molecular weight excluding hydrogens is 328 g/mol. The summed E-state index contributed by atoms with van der Waals surface area (Å²) in [5.41, 5.74) is 3.91. The molecular formula is C21H24N2O3. The number of aromatic hydroxyl groups is 1. The minimum atomic E-state index is -0.398. The lowest BCUT2D eigenvalue weighted by Gasteiger charge is -2.19. The molecule has 0 atom stereocenters. The summed E-state index contributed by atoms with van der Waals surface area (Å²) in [6, 6.07) is 13.4. The van der Waals surface area contributed by atoms with Crippen LogP contribution in [0, 0.1) is 6.92 Å². The third-order valence-corrected chi connectivity index (χ3v) is 4.56. The van der Waals surface area contributed by atoms with Crippen molar-refractivity contribution in [3.05, 3.63) is 69.6 Å². The van der Waals surface area contributed by atoms with Gasteiger partial charge in [-0.05, 0) is 49.4 Å². The molecule has 3 rings (SSSR count). The van der Waals surface area contributed by atoms with E-state index in [1.54, 1.807) is 19.1 Å². The third kappa shape index (κ3) is 3.73. The first-order valence-electron chi connectivity index (χ1n) is 8.55. The van der Waals surface area contributed by atoms with E-state index in [-0.39, 0.29) is 5.75 Å². The number of anilines is 1. The van der Waals surface area contributed by atoms with E-state index in [0.717, 1.165) is 17.5 Å². The van der Waals surface area contributed by atoms with Crippen molar-refractivity contribution in [2.75, 3.05) is 26.0 Å². The molecule has 0 unspecified atom stereocenters. The Bertz CT molecular complexity index is 975. The maximum Gasteiger partial charge on any atom is 0.336 e. The highest BCUT2D eigenvalue weighted by molar-refractivity contribution is 5.84.